The maximum Gasteiger partial charge on any atom is 0.144 e. The molecular formula is C10H10Br3NO. The summed E-state index contributed by atoms with van der Waals surface area (Å²) in [5, 5.41) is 9.73. The van der Waals surface area contributed by atoms with Crippen molar-refractivity contribution >= 4 is 47.8 Å². The van der Waals surface area contributed by atoms with E-state index in [9.17, 15) is 5.11 Å². The molecule has 1 aromatic rings. The number of benzene rings is 1. The molecule has 0 saturated heterocycles. The van der Waals surface area contributed by atoms with Gasteiger partial charge in [-0.3, -0.25) is 0 Å². The number of phenols is 1. The molecule has 1 aromatic carbocycles. The Morgan fingerprint density at radius 3 is 2.53 bits per heavy atom. The highest BCUT2D eigenvalue weighted by atomic mass is 79.9. The molecule has 15 heavy (non-hydrogen) atoms. The molecule has 1 atom stereocenters. The van der Waals surface area contributed by atoms with Crippen LogP contribution in [0.5, 0.6) is 5.75 Å². The van der Waals surface area contributed by atoms with Gasteiger partial charge in [0.2, 0.25) is 0 Å². The third-order valence-electron chi connectivity index (χ3n) is 1.97. The average Bonchev–Trinajstić information content (AvgIpc) is 2.15. The van der Waals surface area contributed by atoms with Gasteiger partial charge in [0, 0.05) is 16.1 Å². The van der Waals surface area contributed by atoms with Crippen molar-refractivity contribution in [3.63, 3.8) is 0 Å². The van der Waals surface area contributed by atoms with Gasteiger partial charge in [-0.15, -0.1) is 6.58 Å². The van der Waals surface area contributed by atoms with Crippen molar-refractivity contribution in [1.29, 1.82) is 0 Å². The largest absolute Gasteiger partial charge is 0.506 e. The Kier molecular flexibility index (Phi) is 4.83. The second-order valence-electron chi connectivity index (χ2n) is 3.05. The maximum absolute atomic E-state index is 9.73. The average molecular weight is 400 g/mol. The van der Waals surface area contributed by atoms with Gasteiger partial charge in [0.05, 0.1) is 8.95 Å². The molecule has 5 heteroatoms. The highest BCUT2D eigenvalue weighted by Crippen LogP contribution is 2.42. The van der Waals surface area contributed by atoms with Crippen LogP contribution in [0.1, 0.15) is 18.0 Å². The lowest BCUT2D eigenvalue weighted by Gasteiger charge is -2.16. The molecule has 0 spiro atoms. The monoisotopic (exact) mass is 397 g/mol. The van der Waals surface area contributed by atoms with E-state index in [0.29, 0.717) is 15.4 Å². The Morgan fingerprint density at radius 2 is 2.00 bits per heavy atom. The van der Waals surface area contributed by atoms with Gasteiger partial charge in [0.25, 0.3) is 0 Å². The van der Waals surface area contributed by atoms with Crippen molar-refractivity contribution in [1.82, 2.24) is 0 Å². The lowest BCUT2D eigenvalue weighted by Crippen LogP contribution is -2.10. The summed E-state index contributed by atoms with van der Waals surface area (Å²) in [6.07, 6.45) is 2.40. The predicted molar refractivity (Wildman–Crippen MR) is 72.9 cm³/mol. The minimum absolute atomic E-state index is 0.160. The van der Waals surface area contributed by atoms with E-state index >= 15 is 0 Å². The summed E-state index contributed by atoms with van der Waals surface area (Å²) in [6.45, 7) is 3.64. The van der Waals surface area contributed by atoms with Crippen LogP contribution in [-0.4, -0.2) is 5.11 Å². The molecule has 2 nitrogen and oxygen atoms in total. The van der Waals surface area contributed by atoms with E-state index in [2.05, 4.69) is 54.4 Å². The zero-order valence-electron chi connectivity index (χ0n) is 7.80. The Morgan fingerprint density at radius 1 is 1.40 bits per heavy atom. The van der Waals surface area contributed by atoms with Gasteiger partial charge in [-0.2, -0.15) is 0 Å². The summed E-state index contributed by atoms with van der Waals surface area (Å²) in [5.74, 6) is 0.160. The van der Waals surface area contributed by atoms with Crippen molar-refractivity contribution in [2.24, 2.45) is 5.73 Å². The fourth-order valence-electron chi connectivity index (χ4n) is 1.23. The molecule has 1 rings (SSSR count). The van der Waals surface area contributed by atoms with Gasteiger partial charge < -0.3 is 10.8 Å². The topological polar surface area (TPSA) is 46.2 Å². The second-order valence-corrected chi connectivity index (χ2v) is 5.55. The number of nitrogens with two attached hydrogens (primary N) is 1. The second kappa shape index (κ2) is 5.48. The van der Waals surface area contributed by atoms with Crippen LogP contribution in [0.3, 0.4) is 0 Å². The number of hydrogen-bond acceptors (Lipinski definition) is 2. The zero-order chi connectivity index (χ0) is 11.6. The van der Waals surface area contributed by atoms with Crippen LogP contribution in [0.4, 0.5) is 0 Å². The van der Waals surface area contributed by atoms with Crippen LogP contribution >= 0.6 is 47.8 Å². The first kappa shape index (κ1) is 13.2. The van der Waals surface area contributed by atoms with Crippen LogP contribution in [-0.2, 0) is 0 Å². The zero-order valence-corrected chi connectivity index (χ0v) is 12.6. The summed E-state index contributed by atoms with van der Waals surface area (Å²) >= 11 is 9.99. The molecule has 0 aliphatic carbocycles. The van der Waals surface area contributed by atoms with Crippen molar-refractivity contribution in [3.8, 4) is 5.75 Å². The van der Waals surface area contributed by atoms with Gasteiger partial charge in [-0.1, -0.05) is 22.0 Å². The lowest BCUT2D eigenvalue weighted by atomic mass is 10.0. The number of rotatable bonds is 3. The van der Waals surface area contributed by atoms with Crippen LogP contribution < -0.4 is 5.73 Å². The molecule has 0 aliphatic rings. The molecule has 1 unspecified atom stereocenters. The first-order chi connectivity index (χ1) is 6.99. The van der Waals surface area contributed by atoms with Crippen molar-refractivity contribution < 1.29 is 5.11 Å². The van der Waals surface area contributed by atoms with Crippen LogP contribution in [0.2, 0.25) is 0 Å². The van der Waals surface area contributed by atoms with E-state index in [0.717, 1.165) is 10.0 Å². The molecule has 0 heterocycles. The van der Waals surface area contributed by atoms with Crippen molar-refractivity contribution in [2.75, 3.05) is 0 Å². The molecule has 82 valence electrons. The van der Waals surface area contributed by atoms with Crippen molar-refractivity contribution in [2.45, 2.75) is 12.5 Å². The SMILES string of the molecule is C=CCC(N)c1c(Br)cc(Br)c(O)c1Br. The molecule has 0 fully saturated rings. The van der Waals surface area contributed by atoms with Gasteiger partial charge in [-0.05, 0) is 44.3 Å². The third-order valence-corrected chi connectivity index (χ3v) is 4.04. The molecule has 0 amide bonds. The van der Waals surface area contributed by atoms with Gasteiger partial charge >= 0.3 is 0 Å². The summed E-state index contributed by atoms with van der Waals surface area (Å²) in [7, 11) is 0. The lowest BCUT2D eigenvalue weighted by molar-refractivity contribution is 0.466. The summed E-state index contributed by atoms with van der Waals surface area (Å²) in [4.78, 5) is 0. The summed E-state index contributed by atoms with van der Waals surface area (Å²) in [6, 6.07) is 1.59. The Bertz CT molecular complexity index is 393. The highest BCUT2D eigenvalue weighted by molar-refractivity contribution is 9.11. The number of aromatic hydroxyl groups is 1. The quantitative estimate of drug-likeness (QED) is 0.746. The number of halogens is 3. The van der Waals surface area contributed by atoms with E-state index < -0.39 is 0 Å². The number of hydrogen-bond donors (Lipinski definition) is 2. The normalized spacial score (nSPS) is 12.5. The smallest absolute Gasteiger partial charge is 0.144 e. The standard InChI is InChI=1S/C10H10Br3NO/c1-2-3-7(14)8-5(11)4-6(12)10(15)9(8)13/h2,4,7,15H,1,3,14H2. The fraction of sp³-hybridized carbons (Fsp3) is 0.200. The predicted octanol–water partition coefficient (Wildman–Crippen LogP) is 4.26. The van der Waals surface area contributed by atoms with Gasteiger partial charge in [0.15, 0.2) is 0 Å². The highest BCUT2D eigenvalue weighted by Gasteiger charge is 2.17. The summed E-state index contributed by atoms with van der Waals surface area (Å²) < 4.78 is 2.09. The minimum Gasteiger partial charge on any atom is -0.506 e. The first-order valence-electron chi connectivity index (χ1n) is 4.21. The molecule has 0 radical (unpaired) electrons. The van der Waals surface area contributed by atoms with Crippen LogP contribution in [0.15, 0.2) is 32.1 Å². The van der Waals surface area contributed by atoms with Crippen molar-refractivity contribution in [3.05, 3.63) is 37.7 Å². The first-order valence-corrected chi connectivity index (χ1v) is 6.59. The maximum atomic E-state index is 9.73. The fourth-order valence-corrected chi connectivity index (χ4v) is 3.94. The van der Waals surface area contributed by atoms with E-state index in [1.54, 1.807) is 12.1 Å². The molecule has 0 saturated carbocycles. The molecule has 0 bridgehead atoms. The van der Waals surface area contributed by atoms with E-state index in [1.807, 2.05) is 0 Å². The van der Waals surface area contributed by atoms with E-state index in [4.69, 9.17) is 5.73 Å². The van der Waals surface area contributed by atoms with Gasteiger partial charge in [-0.25, -0.2) is 0 Å². The minimum atomic E-state index is -0.190. The molecule has 0 aromatic heterocycles. The third kappa shape index (κ3) is 2.84. The Balaban J connectivity index is 3.28. The van der Waals surface area contributed by atoms with E-state index in [-0.39, 0.29) is 11.8 Å². The van der Waals surface area contributed by atoms with Crippen LogP contribution in [0, 0.1) is 0 Å². The Hall–Kier alpha value is 0.160. The molecular weight excluding hydrogens is 390 g/mol. The Labute approximate surface area is 114 Å². The number of phenolic OH excluding ortho intramolecular Hbond substituents is 1. The summed E-state index contributed by atoms with van der Waals surface area (Å²) in [5.41, 5.74) is 6.81. The molecule has 0 aliphatic heterocycles. The molecule has 3 N–H and O–H groups in total. The van der Waals surface area contributed by atoms with Gasteiger partial charge in [0.1, 0.15) is 5.75 Å². The van der Waals surface area contributed by atoms with Crippen LogP contribution in [0.25, 0.3) is 0 Å². The van der Waals surface area contributed by atoms with E-state index in [1.165, 1.54) is 0 Å².